The maximum Gasteiger partial charge on any atom is 0.519 e. The molecule has 0 aliphatic carbocycles. The van der Waals surface area contributed by atoms with Gasteiger partial charge in [0.1, 0.15) is 0 Å². The number of aliphatic imine (C=N–C) groups is 1. The van der Waals surface area contributed by atoms with Gasteiger partial charge >= 0.3 is 14.4 Å². The molecule has 0 fully saturated rings. The van der Waals surface area contributed by atoms with Gasteiger partial charge in [0.25, 0.3) is 0 Å². The minimum Gasteiger partial charge on any atom is -0.459 e. The number of hydrogen-bond donors (Lipinski definition) is 0. The summed E-state index contributed by atoms with van der Waals surface area (Å²) in [5.41, 5.74) is 1.95. The molecule has 0 aliphatic rings. The molecule has 4 heteroatoms. The van der Waals surface area contributed by atoms with Crippen molar-refractivity contribution in [2.24, 2.45) is 4.99 Å². The predicted octanol–water partition coefficient (Wildman–Crippen LogP) is 1.42. The maximum absolute atomic E-state index is 7.36. The van der Waals surface area contributed by atoms with Crippen molar-refractivity contribution in [3.05, 3.63) is 11.8 Å². The third-order valence-electron chi connectivity index (χ3n) is 1.47. The van der Waals surface area contributed by atoms with Crippen LogP contribution in [0.4, 0.5) is 0 Å². The lowest BCUT2D eigenvalue weighted by atomic mass is 10.3. The zero-order valence-electron chi connectivity index (χ0n) is 8.43. The third-order valence-corrected chi connectivity index (χ3v) is 3.05. The minimum absolute atomic E-state index is 0.950. The predicted molar refractivity (Wildman–Crippen MR) is 53.6 cm³/mol. The van der Waals surface area contributed by atoms with Gasteiger partial charge in [0, 0.05) is 12.8 Å². The zero-order chi connectivity index (χ0) is 9.72. The van der Waals surface area contributed by atoms with Crippen molar-refractivity contribution in [3.8, 4) is 0 Å². The highest BCUT2D eigenvalue weighted by molar-refractivity contribution is 6.92. The van der Waals surface area contributed by atoms with E-state index in [0.29, 0.717) is 0 Å². The molecular formula is C7H14AlClN2. The Bertz CT molecular complexity index is 204. The van der Waals surface area contributed by atoms with E-state index in [0.717, 1.165) is 11.4 Å². The summed E-state index contributed by atoms with van der Waals surface area (Å²) in [6.45, 7) is 3.86. The summed E-state index contributed by atoms with van der Waals surface area (Å²) in [7, 11) is 9.28. The number of nitrogens with zero attached hydrogens (tertiary/aromatic N) is 2. The van der Waals surface area contributed by atoms with E-state index in [1.54, 1.807) is 10.9 Å². The Morgan fingerprint density at radius 2 is 2.27 bits per heavy atom. The highest BCUT2D eigenvalue weighted by atomic mass is 35.6. The zero-order valence-corrected chi connectivity index (χ0v) is 9.34. The molecule has 0 amide bonds. The average molecular weight is 190 g/mol. The van der Waals surface area contributed by atoms with Gasteiger partial charge in [-0.05, 0) is 33.6 Å². The summed E-state index contributed by atoms with van der Waals surface area (Å²) >= 11 is -1.96. The molecule has 0 bridgehead atoms. The van der Waals surface area contributed by atoms with Crippen LogP contribution in [-0.4, -0.2) is 39.0 Å². The first-order chi connectivity index (χ1) is 5.49. The maximum atomic E-state index is 7.36. The fourth-order valence-corrected chi connectivity index (χ4v) is 1.24. The van der Waals surface area contributed by atoms with E-state index in [2.05, 4.69) is 4.99 Å². The second-order valence-corrected chi connectivity index (χ2v) is 3.91. The van der Waals surface area contributed by atoms with Gasteiger partial charge in [0.2, 0.25) is 0 Å². The monoisotopic (exact) mass is 189 g/mol. The van der Waals surface area contributed by atoms with Crippen molar-refractivity contribution in [2.75, 3.05) is 14.1 Å². The lowest BCUT2D eigenvalue weighted by molar-refractivity contribution is 0.676. The summed E-state index contributed by atoms with van der Waals surface area (Å²) in [5, 5.41) is 0. The first-order valence-electron chi connectivity index (χ1n) is 3.97. The molecule has 62 valence electrons. The number of rotatable bonds is 3. The molecular weight excluding hydrogens is 175 g/mol. The molecule has 0 heterocycles. The highest BCUT2D eigenvalue weighted by Gasteiger charge is 1.99. The van der Waals surface area contributed by atoms with E-state index in [1.165, 1.54) is 0 Å². The Kier molecular flexibility index (Phi) is 4.69. The quantitative estimate of drug-likeness (QED) is 0.484. The second-order valence-electron chi connectivity index (χ2n) is 2.36. The van der Waals surface area contributed by atoms with Crippen LogP contribution in [0.5, 0.6) is 0 Å². The number of halogens is 1. The summed E-state index contributed by atoms with van der Waals surface area (Å²) in [5.74, 6) is 0. The molecule has 0 atom stereocenters. The summed E-state index contributed by atoms with van der Waals surface area (Å²) in [4.78, 5) is 3.99. The van der Waals surface area contributed by atoms with E-state index >= 15 is 0 Å². The van der Waals surface area contributed by atoms with Crippen LogP contribution in [0, 0.1) is 0 Å². The van der Waals surface area contributed by atoms with Crippen LogP contribution in [0.3, 0.4) is 0 Å². The largest absolute Gasteiger partial charge is 0.519 e. The molecule has 2 nitrogen and oxygen atoms in total. The van der Waals surface area contributed by atoms with Crippen LogP contribution in [0.25, 0.3) is 0 Å². The van der Waals surface area contributed by atoms with Gasteiger partial charge in [0.05, 0.1) is 0 Å². The van der Waals surface area contributed by atoms with Crippen LogP contribution in [0.2, 0.25) is 0 Å². The van der Waals surface area contributed by atoms with E-state index < -0.39 is 14.4 Å². The Labute approximate surface area is 79.9 Å². The summed E-state index contributed by atoms with van der Waals surface area (Å²) in [6, 6.07) is 0. The van der Waals surface area contributed by atoms with E-state index in [1.807, 2.05) is 27.0 Å². The van der Waals surface area contributed by atoms with Gasteiger partial charge in [0.15, 0.2) is 0 Å². The molecule has 0 spiro atoms. The summed E-state index contributed by atoms with van der Waals surface area (Å²) in [6.07, 6.45) is 1.93. The Hall–Kier alpha value is 0.0325. The van der Waals surface area contributed by atoms with Crippen LogP contribution in [0.1, 0.15) is 13.8 Å². The Balaban J connectivity index is 4.37. The van der Waals surface area contributed by atoms with E-state index in [-0.39, 0.29) is 0 Å². The topological polar surface area (TPSA) is 15.6 Å². The van der Waals surface area contributed by atoms with Crippen LogP contribution in [-0.2, 0) is 0 Å². The first-order valence-corrected chi connectivity index (χ1v) is 5.66. The van der Waals surface area contributed by atoms with Gasteiger partial charge in [-0.15, -0.1) is 0 Å². The molecule has 0 unspecified atom stereocenters. The van der Waals surface area contributed by atoms with Crippen molar-refractivity contribution in [2.45, 2.75) is 13.8 Å². The fourth-order valence-electron chi connectivity index (χ4n) is 0.546. The SMILES string of the molecule is [2H][Al]([Cl])[N](C)/C(C)=C\C(C)=NC. The molecule has 0 N–H and O–H groups in total. The Morgan fingerprint density at radius 1 is 1.73 bits per heavy atom. The van der Waals surface area contributed by atoms with E-state index in [4.69, 9.17) is 11.0 Å². The van der Waals surface area contributed by atoms with Crippen LogP contribution in [0.15, 0.2) is 16.8 Å². The van der Waals surface area contributed by atoms with Crippen molar-refractivity contribution >= 4 is 30.1 Å². The Morgan fingerprint density at radius 3 is 2.64 bits per heavy atom. The van der Waals surface area contributed by atoms with Gasteiger partial charge in [-0.1, -0.05) is 0 Å². The lowest BCUT2D eigenvalue weighted by Gasteiger charge is -2.15. The molecule has 0 aliphatic heterocycles. The first kappa shape index (κ1) is 9.12. The van der Waals surface area contributed by atoms with Gasteiger partial charge in [-0.2, -0.15) is 0 Å². The fraction of sp³-hybridized carbons (Fsp3) is 0.571. The number of hydrogen-bond acceptors (Lipinski definition) is 2. The average Bonchev–Trinajstić information content (AvgIpc) is 2.02. The molecule has 0 aromatic rings. The molecule has 0 radical (unpaired) electrons. The molecule has 11 heavy (non-hydrogen) atoms. The van der Waals surface area contributed by atoms with Gasteiger partial charge in [-0.3, -0.25) is 4.99 Å². The highest BCUT2D eigenvalue weighted by Crippen LogP contribution is 1.99. The number of allylic oxidation sites excluding steroid dienone is 2. The molecule has 0 rings (SSSR count). The van der Waals surface area contributed by atoms with Crippen molar-refractivity contribution in [3.63, 3.8) is 0 Å². The van der Waals surface area contributed by atoms with Crippen molar-refractivity contribution in [1.82, 2.24) is 3.88 Å². The van der Waals surface area contributed by atoms with Gasteiger partial charge < -0.3 is 3.88 Å². The molecule has 0 aromatic heterocycles. The smallest absolute Gasteiger partial charge is 0.459 e. The molecule has 0 aromatic carbocycles. The lowest BCUT2D eigenvalue weighted by Crippen LogP contribution is -2.17. The van der Waals surface area contributed by atoms with E-state index in [9.17, 15) is 0 Å². The van der Waals surface area contributed by atoms with Gasteiger partial charge in [-0.25, -0.2) is 10.0 Å². The van der Waals surface area contributed by atoms with Crippen molar-refractivity contribution < 1.29 is 0 Å². The summed E-state index contributed by atoms with van der Waals surface area (Å²) < 4.78 is 9.17. The second kappa shape index (κ2) is 5.65. The van der Waals surface area contributed by atoms with Crippen LogP contribution < -0.4 is 0 Å². The minimum atomic E-state index is -1.96. The van der Waals surface area contributed by atoms with Crippen molar-refractivity contribution in [1.29, 1.82) is 0.939 Å². The normalized spacial score (nSPS) is 14.5. The molecule has 0 saturated heterocycles. The third kappa shape index (κ3) is 4.47. The standard InChI is InChI=1S/C7H13N2.Al.ClH.H/c1-6(8-3)5-7(2)9-4;;;/h5H,1-4H3;;1H;/q-1;+2;;/p-1/b6-5-,9-7?;;;/i;;;1+1. The van der Waals surface area contributed by atoms with Crippen LogP contribution >= 0.6 is 10.0 Å². The molecule has 0 saturated carbocycles.